The second kappa shape index (κ2) is 6.32. The van der Waals surface area contributed by atoms with Gasteiger partial charge in [-0.25, -0.2) is 23.4 Å². The maximum Gasteiger partial charge on any atom is 0.453 e. The molecule has 2 aromatic heterocycles. The largest absolute Gasteiger partial charge is 0.453 e. The van der Waals surface area contributed by atoms with Gasteiger partial charge in [-0.05, 0) is 24.3 Å². The first-order valence-electron chi connectivity index (χ1n) is 6.88. The van der Waals surface area contributed by atoms with Crippen LogP contribution in [0.3, 0.4) is 0 Å². The van der Waals surface area contributed by atoms with Gasteiger partial charge >= 0.3 is 6.18 Å². The normalized spacial score (nSPS) is 12.3. The molecule has 26 heavy (non-hydrogen) atoms. The second-order valence-corrected chi connectivity index (χ2v) is 7.62. The lowest BCUT2D eigenvalue weighted by atomic mass is 10.2. The molecule has 3 rings (SSSR count). The molecule has 0 aliphatic rings. The van der Waals surface area contributed by atoms with Crippen LogP contribution in [0.4, 0.5) is 13.2 Å². The average molecular weight is 404 g/mol. The zero-order valence-corrected chi connectivity index (χ0v) is 14.5. The number of hydrogen-bond donors (Lipinski definition) is 0. The minimum Gasteiger partial charge on any atom is -0.224 e. The summed E-state index contributed by atoms with van der Waals surface area (Å²) < 4.78 is 62.8. The molecule has 0 fully saturated rings. The first-order chi connectivity index (χ1) is 12.1. The molecule has 0 amide bonds. The molecule has 0 aliphatic heterocycles. The van der Waals surface area contributed by atoms with E-state index in [1.807, 2.05) is 0 Å². The minimum absolute atomic E-state index is 0.166. The van der Waals surface area contributed by atoms with Crippen molar-refractivity contribution in [2.24, 2.45) is 0 Å². The predicted molar refractivity (Wildman–Crippen MR) is 85.5 cm³/mol. The lowest BCUT2D eigenvalue weighted by Gasteiger charge is -2.05. The summed E-state index contributed by atoms with van der Waals surface area (Å²) in [5, 5.41) is 3.81. The smallest absolute Gasteiger partial charge is 0.224 e. The fourth-order valence-electron chi connectivity index (χ4n) is 1.97. The third-order valence-corrected chi connectivity index (χ3v) is 4.51. The quantitative estimate of drug-likeness (QED) is 0.668. The van der Waals surface area contributed by atoms with Gasteiger partial charge < -0.3 is 0 Å². The summed E-state index contributed by atoms with van der Waals surface area (Å²) in [6, 6.07) is 5.90. The van der Waals surface area contributed by atoms with E-state index in [0.717, 1.165) is 23.3 Å². The van der Waals surface area contributed by atoms with E-state index in [-0.39, 0.29) is 16.7 Å². The van der Waals surface area contributed by atoms with E-state index in [1.165, 1.54) is 24.3 Å². The van der Waals surface area contributed by atoms with Crippen LogP contribution in [0, 0.1) is 0 Å². The number of benzene rings is 1. The molecule has 12 heteroatoms. The third kappa shape index (κ3) is 3.68. The summed E-state index contributed by atoms with van der Waals surface area (Å²) in [6.45, 7) is 0. The van der Waals surface area contributed by atoms with E-state index in [2.05, 4.69) is 20.1 Å². The lowest BCUT2D eigenvalue weighted by Crippen LogP contribution is -2.10. The van der Waals surface area contributed by atoms with Gasteiger partial charge in [-0.1, -0.05) is 11.6 Å². The highest BCUT2D eigenvalue weighted by molar-refractivity contribution is 7.90. The van der Waals surface area contributed by atoms with Crippen LogP contribution in [0.25, 0.3) is 17.3 Å². The number of rotatable bonds is 3. The van der Waals surface area contributed by atoms with E-state index in [0.29, 0.717) is 10.6 Å². The van der Waals surface area contributed by atoms with Crippen LogP contribution in [-0.2, 0) is 16.0 Å². The molecular weight excluding hydrogens is 395 g/mol. The van der Waals surface area contributed by atoms with Gasteiger partial charge in [-0.15, -0.1) is 5.10 Å². The standard InChI is InChI=1S/C14H9ClF3N5O2S/c1-26(24,25)10-6-19-13(20-7-10)23-11(8-2-4-9(15)5-3-8)21-12(22-23)14(16,17)18/h2-7H,1H3. The Morgan fingerprint density at radius 3 is 2.15 bits per heavy atom. The van der Waals surface area contributed by atoms with Crippen LogP contribution in [0.5, 0.6) is 0 Å². The van der Waals surface area contributed by atoms with Crippen molar-refractivity contribution < 1.29 is 21.6 Å². The summed E-state index contributed by atoms with van der Waals surface area (Å²) >= 11 is 5.79. The Bertz CT molecular complexity index is 1050. The third-order valence-electron chi connectivity index (χ3n) is 3.20. The summed E-state index contributed by atoms with van der Waals surface area (Å²) in [5.41, 5.74) is 0.299. The van der Waals surface area contributed by atoms with E-state index >= 15 is 0 Å². The van der Waals surface area contributed by atoms with Crippen molar-refractivity contribution in [1.29, 1.82) is 0 Å². The van der Waals surface area contributed by atoms with Gasteiger partial charge in [-0.3, -0.25) is 0 Å². The topological polar surface area (TPSA) is 90.6 Å². The van der Waals surface area contributed by atoms with Gasteiger partial charge in [0.15, 0.2) is 15.7 Å². The molecule has 0 bridgehead atoms. The Kier molecular flexibility index (Phi) is 4.44. The molecule has 0 saturated heterocycles. The lowest BCUT2D eigenvalue weighted by molar-refractivity contribution is -0.144. The summed E-state index contributed by atoms with van der Waals surface area (Å²) in [7, 11) is -3.55. The molecule has 7 nitrogen and oxygen atoms in total. The van der Waals surface area contributed by atoms with Crippen LogP contribution >= 0.6 is 11.6 Å². The predicted octanol–water partition coefficient (Wildman–Crippen LogP) is 2.80. The van der Waals surface area contributed by atoms with Crippen LogP contribution in [0.15, 0.2) is 41.6 Å². The molecule has 0 spiro atoms. The number of nitrogens with zero attached hydrogens (tertiary/aromatic N) is 5. The summed E-state index contributed by atoms with van der Waals surface area (Å²) in [6.07, 6.45) is -1.85. The van der Waals surface area contributed by atoms with Gasteiger partial charge in [-0.2, -0.15) is 17.9 Å². The van der Waals surface area contributed by atoms with Crippen molar-refractivity contribution in [2.75, 3.05) is 6.26 Å². The monoisotopic (exact) mass is 403 g/mol. The highest BCUT2D eigenvalue weighted by Gasteiger charge is 2.37. The van der Waals surface area contributed by atoms with Crippen molar-refractivity contribution in [2.45, 2.75) is 11.1 Å². The van der Waals surface area contributed by atoms with Crippen molar-refractivity contribution in [3.63, 3.8) is 0 Å². The van der Waals surface area contributed by atoms with Gasteiger partial charge in [0.1, 0.15) is 4.90 Å². The molecule has 0 N–H and O–H groups in total. The number of sulfone groups is 1. The van der Waals surface area contributed by atoms with Crippen LogP contribution in [0.2, 0.25) is 5.02 Å². The van der Waals surface area contributed by atoms with E-state index in [9.17, 15) is 21.6 Å². The Labute approximate surface area is 150 Å². The van der Waals surface area contributed by atoms with E-state index < -0.39 is 21.8 Å². The fourth-order valence-corrected chi connectivity index (χ4v) is 2.58. The minimum atomic E-state index is -4.78. The molecule has 0 radical (unpaired) electrons. The van der Waals surface area contributed by atoms with Crippen LogP contribution in [0.1, 0.15) is 5.82 Å². The number of halogens is 4. The molecule has 0 atom stereocenters. The molecule has 2 heterocycles. The van der Waals surface area contributed by atoms with Gasteiger partial charge in [0.2, 0.25) is 0 Å². The van der Waals surface area contributed by atoms with Gasteiger partial charge in [0.05, 0.1) is 12.4 Å². The Morgan fingerprint density at radius 1 is 1.08 bits per heavy atom. The number of alkyl halides is 3. The highest BCUT2D eigenvalue weighted by Crippen LogP contribution is 2.30. The molecule has 136 valence electrons. The maximum absolute atomic E-state index is 13.0. The Hall–Kier alpha value is -2.53. The summed E-state index contributed by atoms with van der Waals surface area (Å²) in [4.78, 5) is 10.9. The highest BCUT2D eigenvalue weighted by atomic mass is 35.5. The first kappa shape index (κ1) is 18.3. The Balaban J connectivity index is 2.16. The number of aromatic nitrogens is 5. The van der Waals surface area contributed by atoms with E-state index in [4.69, 9.17) is 11.6 Å². The SMILES string of the molecule is CS(=O)(=O)c1cnc(-n2nc(C(F)(F)F)nc2-c2ccc(Cl)cc2)nc1. The van der Waals surface area contributed by atoms with Crippen LogP contribution < -0.4 is 0 Å². The van der Waals surface area contributed by atoms with Gasteiger partial charge in [0, 0.05) is 16.8 Å². The zero-order valence-electron chi connectivity index (χ0n) is 12.9. The van der Waals surface area contributed by atoms with Crippen molar-refractivity contribution >= 4 is 21.4 Å². The van der Waals surface area contributed by atoms with Crippen LogP contribution in [-0.4, -0.2) is 39.4 Å². The van der Waals surface area contributed by atoms with Crippen molar-refractivity contribution in [3.05, 3.63) is 47.5 Å². The molecule has 0 saturated carbocycles. The van der Waals surface area contributed by atoms with Gasteiger partial charge in [0.25, 0.3) is 11.8 Å². The number of hydrogen-bond acceptors (Lipinski definition) is 6. The molecular formula is C14H9ClF3N5O2S. The Morgan fingerprint density at radius 2 is 1.65 bits per heavy atom. The molecule has 0 unspecified atom stereocenters. The molecule has 0 aliphatic carbocycles. The van der Waals surface area contributed by atoms with E-state index in [1.54, 1.807) is 0 Å². The van der Waals surface area contributed by atoms with Crippen molar-refractivity contribution in [3.8, 4) is 17.3 Å². The molecule has 1 aromatic carbocycles. The average Bonchev–Trinajstić information content (AvgIpc) is 3.00. The first-order valence-corrected chi connectivity index (χ1v) is 9.15. The fraction of sp³-hybridized carbons (Fsp3) is 0.143. The molecule has 3 aromatic rings. The second-order valence-electron chi connectivity index (χ2n) is 5.17. The van der Waals surface area contributed by atoms with Crippen molar-refractivity contribution in [1.82, 2.24) is 24.7 Å². The maximum atomic E-state index is 13.0. The zero-order chi connectivity index (χ0) is 19.1. The summed E-state index contributed by atoms with van der Waals surface area (Å²) in [5.74, 6) is -1.80.